The molecule has 25 heavy (non-hydrogen) atoms. The standard InChI is InChI=1S/C21H27O2P.Li/c1-14(2)10-11-23-18-6-8-19(9-7-18)24-21(22)20-16(4)12-15(3)13-17(20)5;/h6-9,12-14,24H,10-11H2,1-5H3;/q;+1. The quantitative estimate of drug-likeness (QED) is 0.566. The molecule has 0 amide bonds. The second kappa shape index (κ2) is 10.2. The second-order valence-electron chi connectivity index (χ2n) is 6.78. The minimum absolute atomic E-state index is 0. The number of rotatable bonds is 7. The van der Waals surface area contributed by atoms with Crippen LogP contribution in [0.5, 0.6) is 5.75 Å². The van der Waals surface area contributed by atoms with Crippen molar-refractivity contribution in [3.8, 4) is 5.75 Å². The number of carbonyl (C=O) groups excluding carboxylic acids is 1. The normalized spacial score (nSPS) is 11.0. The van der Waals surface area contributed by atoms with Crippen LogP contribution in [-0.2, 0) is 0 Å². The molecule has 0 spiro atoms. The van der Waals surface area contributed by atoms with E-state index >= 15 is 0 Å². The Morgan fingerprint density at radius 1 is 1.04 bits per heavy atom. The van der Waals surface area contributed by atoms with E-state index in [1.807, 2.05) is 38.1 Å². The van der Waals surface area contributed by atoms with E-state index in [1.165, 1.54) is 5.56 Å². The van der Waals surface area contributed by atoms with Gasteiger partial charge in [-0.2, -0.15) is 0 Å². The molecule has 0 saturated heterocycles. The molecule has 128 valence electrons. The summed E-state index contributed by atoms with van der Waals surface area (Å²) in [6.45, 7) is 11.2. The molecule has 2 aromatic carbocycles. The Hall–Kier alpha value is -1.06. The van der Waals surface area contributed by atoms with Gasteiger partial charge in [0.05, 0.1) is 6.61 Å². The van der Waals surface area contributed by atoms with Crippen LogP contribution >= 0.6 is 8.58 Å². The van der Waals surface area contributed by atoms with Crippen LogP contribution < -0.4 is 28.9 Å². The molecule has 0 aliphatic heterocycles. The predicted octanol–water partition coefficient (Wildman–Crippen LogP) is 2.18. The molecule has 2 aromatic rings. The average Bonchev–Trinajstić information content (AvgIpc) is 2.47. The molecule has 0 radical (unpaired) electrons. The molecule has 0 aliphatic carbocycles. The van der Waals surface area contributed by atoms with E-state index in [1.54, 1.807) is 0 Å². The van der Waals surface area contributed by atoms with Crippen molar-refractivity contribution < 1.29 is 28.4 Å². The summed E-state index contributed by atoms with van der Waals surface area (Å²) in [5.74, 6) is 1.52. The van der Waals surface area contributed by atoms with Gasteiger partial charge in [-0.3, -0.25) is 4.79 Å². The molecule has 0 saturated carbocycles. The summed E-state index contributed by atoms with van der Waals surface area (Å²) >= 11 is 0. The molecule has 0 aromatic heterocycles. The van der Waals surface area contributed by atoms with Crippen LogP contribution in [0.3, 0.4) is 0 Å². The summed E-state index contributed by atoms with van der Waals surface area (Å²) in [5, 5.41) is 1.05. The van der Waals surface area contributed by atoms with Gasteiger partial charge in [-0.05, 0) is 70.3 Å². The zero-order valence-electron chi connectivity index (χ0n) is 16.3. The maximum atomic E-state index is 12.7. The number of carbonyl (C=O) groups is 1. The number of aryl methyl sites for hydroxylation is 3. The van der Waals surface area contributed by atoms with Gasteiger partial charge in [-0.25, -0.2) is 0 Å². The molecule has 2 rings (SSSR count). The summed E-state index contributed by atoms with van der Waals surface area (Å²) in [4.78, 5) is 12.7. The van der Waals surface area contributed by atoms with Crippen molar-refractivity contribution >= 4 is 19.4 Å². The van der Waals surface area contributed by atoms with Crippen molar-refractivity contribution in [2.75, 3.05) is 6.61 Å². The van der Waals surface area contributed by atoms with Gasteiger partial charge in [0.15, 0.2) is 5.52 Å². The second-order valence-corrected chi connectivity index (χ2v) is 8.06. The maximum Gasteiger partial charge on any atom is 1.00 e. The summed E-state index contributed by atoms with van der Waals surface area (Å²) in [6, 6.07) is 12.1. The summed E-state index contributed by atoms with van der Waals surface area (Å²) in [5.41, 5.74) is 4.42. The maximum absolute atomic E-state index is 12.7. The molecule has 0 fully saturated rings. The number of hydrogen-bond donors (Lipinski definition) is 0. The minimum atomic E-state index is 0. The van der Waals surface area contributed by atoms with E-state index < -0.39 is 0 Å². The van der Waals surface area contributed by atoms with Gasteiger partial charge in [0.25, 0.3) is 0 Å². The Bertz CT molecular complexity index is 685. The first-order valence-corrected chi connectivity index (χ1v) is 9.49. The first kappa shape index (κ1) is 22.0. The van der Waals surface area contributed by atoms with Crippen LogP contribution in [0, 0.1) is 26.7 Å². The van der Waals surface area contributed by atoms with Crippen LogP contribution in [0.2, 0.25) is 0 Å². The zero-order chi connectivity index (χ0) is 17.7. The van der Waals surface area contributed by atoms with E-state index in [9.17, 15) is 4.79 Å². The van der Waals surface area contributed by atoms with Crippen molar-refractivity contribution in [1.29, 1.82) is 0 Å². The molecule has 1 atom stereocenters. The van der Waals surface area contributed by atoms with Crippen LogP contribution in [-0.4, -0.2) is 12.1 Å². The number of benzene rings is 2. The summed E-state index contributed by atoms with van der Waals surface area (Å²) in [7, 11) is 0.146. The monoisotopic (exact) mass is 349 g/mol. The van der Waals surface area contributed by atoms with Crippen molar-refractivity contribution in [2.24, 2.45) is 5.92 Å². The van der Waals surface area contributed by atoms with E-state index in [2.05, 4.69) is 32.9 Å². The predicted molar refractivity (Wildman–Crippen MR) is 104 cm³/mol. The molecule has 4 heteroatoms. The smallest absolute Gasteiger partial charge is 0.494 e. The van der Waals surface area contributed by atoms with Gasteiger partial charge >= 0.3 is 18.9 Å². The fraction of sp³-hybridized carbons (Fsp3) is 0.381. The Morgan fingerprint density at radius 2 is 1.60 bits per heavy atom. The number of ether oxygens (including phenoxy) is 1. The van der Waals surface area contributed by atoms with Gasteiger partial charge in [0.1, 0.15) is 5.75 Å². The molecule has 0 heterocycles. The van der Waals surface area contributed by atoms with Gasteiger partial charge in [0.2, 0.25) is 0 Å². The fourth-order valence-electron chi connectivity index (χ4n) is 2.78. The van der Waals surface area contributed by atoms with E-state index in [4.69, 9.17) is 4.74 Å². The minimum Gasteiger partial charge on any atom is -0.494 e. The molecule has 0 N–H and O–H groups in total. The first-order valence-electron chi connectivity index (χ1n) is 8.49. The van der Waals surface area contributed by atoms with Gasteiger partial charge in [-0.15, -0.1) is 0 Å². The zero-order valence-corrected chi connectivity index (χ0v) is 17.3. The third-order valence-corrected chi connectivity index (χ3v) is 5.08. The largest absolute Gasteiger partial charge is 1.00 e. The van der Waals surface area contributed by atoms with Crippen molar-refractivity contribution in [3.05, 3.63) is 58.7 Å². The van der Waals surface area contributed by atoms with Gasteiger partial charge in [0, 0.05) is 5.56 Å². The Morgan fingerprint density at radius 3 is 2.12 bits per heavy atom. The summed E-state index contributed by atoms with van der Waals surface area (Å²) in [6.07, 6.45) is 1.05. The Labute approximate surface area is 165 Å². The number of hydrogen-bond acceptors (Lipinski definition) is 2. The molecule has 2 nitrogen and oxygen atoms in total. The van der Waals surface area contributed by atoms with Crippen LogP contribution in [0.15, 0.2) is 36.4 Å². The van der Waals surface area contributed by atoms with Crippen molar-refractivity contribution in [3.63, 3.8) is 0 Å². The third kappa shape index (κ3) is 6.63. The SMILES string of the molecule is Cc1cc(C)c(C(=O)Pc2ccc(OCCC(C)C)cc2)c(C)c1.[Li+]. The topological polar surface area (TPSA) is 26.3 Å². The first-order chi connectivity index (χ1) is 11.4. The molecule has 1 unspecified atom stereocenters. The van der Waals surface area contributed by atoms with Crippen molar-refractivity contribution in [1.82, 2.24) is 0 Å². The Balaban J connectivity index is 0.00000312. The van der Waals surface area contributed by atoms with E-state index in [0.717, 1.165) is 40.8 Å². The molecule has 0 bridgehead atoms. The van der Waals surface area contributed by atoms with Crippen molar-refractivity contribution in [2.45, 2.75) is 41.0 Å². The summed E-state index contributed by atoms with van der Waals surface area (Å²) < 4.78 is 5.73. The third-order valence-electron chi connectivity index (χ3n) is 3.98. The Kier molecular flexibility index (Phi) is 8.95. The van der Waals surface area contributed by atoms with Crippen LogP contribution in [0.1, 0.15) is 47.3 Å². The van der Waals surface area contributed by atoms with Crippen LogP contribution in [0.25, 0.3) is 0 Å². The molecule has 0 aliphatic rings. The van der Waals surface area contributed by atoms with Gasteiger partial charge in [-0.1, -0.05) is 43.7 Å². The average molecular weight is 349 g/mol. The molecular weight excluding hydrogens is 322 g/mol. The fourth-order valence-corrected chi connectivity index (χ4v) is 3.89. The van der Waals surface area contributed by atoms with Crippen LogP contribution in [0.4, 0.5) is 0 Å². The van der Waals surface area contributed by atoms with E-state index in [0.29, 0.717) is 5.92 Å². The van der Waals surface area contributed by atoms with E-state index in [-0.39, 0.29) is 33.0 Å². The van der Waals surface area contributed by atoms with Gasteiger partial charge < -0.3 is 4.74 Å². The molecular formula is C21H27LiO2P+.